The third-order valence-electron chi connectivity index (χ3n) is 3.00. The van der Waals surface area contributed by atoms with Crippen LogP contribution in [0.1, 0.15) is 0 Å². The summed E-state index contributed by atoms with van der Waals surface area (Å²) >= 11 is 10.2. The highest BCUT2D eigenvalue weighted by Gasteiger charge is 2.14. The molecule has 5 N–H and O–H groups in total. The van der Waals surface area contributed by atoms with Crippen molar-refractivity contribution in [1.82, 2.24) is 19.3 Å². The molecule has 0 saturated carbocycles. The first-order valence-corrected chi connectivity index (χ1v) is 6.63. The zero-order valence-electron chi connectivity index (χ0n) is 10.4. The Morgan fingerprint density at radius 2 is 1.38 bits per heavy atom. The minimum absolute atomic E-state index is 0.396. The molecule has 21 heavy (non-hydrogen) atoms. The predicted molar refractivity (Wildman–Crippen MR) is 80.5 cm³/mol. The standard InChI is InChI=1S/C12H10N4O3S2/c17-8-5-15(10(19)9(8)18)6-1-3-7(4-2-6)16-11(20)13-14-12(16)21/h1-5,17-19H,(H,13,20)(H,14,21). The summed E-state index contributed by atoms with van der Waals surface area (Å²) in [5, 5.41) is 34.0. The van der Waals surface area contributed by atoms with Gasteiger partial charge in [0.15, 0.2) is 15.3 Å². The molecule has 0 atom stereocenters. The Hall–Kier alpha value is -2.52. The summed E-state index contributed by atoms with van der Waals surface area (Å²) in [6, 6.07) is 6.88. The number of hydrogen-bond donors (Lipinski definition) is 5. The summed E-state index contributed by atoms with van der Waals surface area (Å²) in [6.45, 7) is 0. The van der Waals surface area contributed by atoms with E-state index in [1.54, 1.807) is 28.8 Å². The fourth-order valence-corrected chi connectivity index (χ4v) is 2.53. The molecular weight excluding hydrogens is 312 g/mol. The first kappa shape index (κ1) is 13.5. The van der Waals surface area contributed by atoms with E-state index in [1.807, 2.05) is 0 Å². The Morgan fingerprint density at radius 3 is 1.86 bits per heavy atom. The number of aromatic nitrogens is 4. The summed E-state index contributed by atoms with van der Waals surface area (Å²) in [4.78, 5) is 0. The van der Waals surface area contributed by atoms with Gasteiger partial charge < -0.3 is 15.3 Å². The maximum Gasteiger partial charge on any atom is 0.243 e. The van der Waals surface area contributed by atoms with E-state index in [0.717, 1.165) is 5.69 Å². The van der Waals surface area contributed by atoms with Gasteiger partial charge in [0.1, 0.15) is 0 Å². The van der Waals surface area contributed by atoms with Crippen molar-refractivity contribution in [2.45, 2.75) is 0 Å². The molecule has 0 aliphatic heterocycles. The summed E-state index contributed by atoms with van der Waals surface area (Å²) in [7, 11) is 0. The molecule has 0 radical (unpaired) electrons. The van der Waals surface area contributed by atoms with Crippen LogP contribution >= 0.6 is 24.4 Å². The Kier molecular flexibility index (Phi) is 3.07. The molecule has 2 aromatic heterocycles. The molecule has 0 amide bonds. The topological polar surface area (TPSA) is 102 Å². The lowest BCUT2D eigenvalue weighted by Crippen LogP contribution is -1.96. The first-order valence-electron chi connectivity index (χ1n) is 5.82. The Labute approximate surface area is 128 Å². The number of H-pyrrole nitrogens is 2. The minimum Gasteiger partial charge on any atom is -0.503 e. The molecule has 0 bridgehead atoms. The third kappa shape index (κ3) is 2.12. The maximum atomic E-state index is 9.72. The van der Waals surface area contributed by atoms with E-state index in [0.29, 0.717) is 15.2 Å². The lowest BCUT2D eigenvalue weighted by Gasteiger charge is -2.06. The van der Waals surface area contributed by atoms with E-state index in [2.05, 4.69) is 10.2 Å². The molecule has 1 aromatic carbocycles. The molecule has 3 rings (SSSR count). The lowest BCUT2D eigenvalue weighted by atomic mass is 10.3. The van der Waals surface area contributed by atoms with Crippen LogP contribution in [0.5, 0.6) is 17.4 Å². The second-order valence-electron chi connectivity index (χ2n) is 4.27. The Bertz CT molecular complexity index is 890. The average Bonchev–Trinajstić information content (AvgIpc) is 2.94. The molecular formula is C12H10N4O3S2. The molecule has 0 unspecified atom stereocenters. The minimum atomic E-state index is -0.561. The molecule has 0 fully saturated rings. The SMILES string of the molecule is Oc1cn(-c2ccc(-n3c(=S)[nH][nH]c3=S)cc2)c(O)c1O. The molecule has 0 saturated heterocycles. The third-order valence-corrected chi connectivity index (χ3v) is 3.57. The fraction of sp³-hybridized carbons (Fsp3) is 0. The summed E-state index contributed by atoms with van der Waals surface area (Å²) in [6.07, 6.45) is 1.22. The van der Waals surface area contributed by atoms with Gasteiger partial charge >= 0.3 is 0 Å². The molecule has 0 spiro atoms. The second kappa shape index (κ2) is 4.79. The number of benzene rings is 1. The largest absolute Gasteiger partial charge is 0.503 e. The van der Waals surface area contributed by atoms with Crippen molar-refractivity contribution in [3.63, 3.8) is 0 Å². The quantitative estimate of drug-likeness (QED) is 0.467. The summed E-state index contributed by atoms with van der Waals surface area (Å²) < 4.78 is 3.77. The van der Waals surface area contributed by atoms with Gasteiger partial charge in [-0.25, -0.2) is 0 Å². The van der Waals surface area contributed by atoms with Gasteiger partial charge in [-0.05, 0) is 48.7 Å². The number of nitrogens with zero attached hydrogens (tertiary/aromatic N) is 2. The van der Waals surface area contributed by atoms with Crippen LogP contribution in [0.15, 0.2) is 30.5 Å². The molecule has 108 valence electrons. The van der Waals surface area contributed by atoms with Crippen LogP contribution in [0.4, 0.5) is 0 Å². The molecule has 9 heteroatoms. The maximum absolute atomic E-state index is 9.72. The van der Waals surface area contributed by atoms with E-state index < -0.39 is 17.4 Å². The van der Waals surface area contributed by atoms with Crippen molar-refractivity contribution < 1.29 is 15.3 Å². The fourth-order valence-electron chi connectivity index (χ4n) is 1.98. The smallest absolute Gasteiger partial charge is 0.243 e. The first-order chi connectivity index (χ1) is 9.99. The van der Waals surface area contributed by atoms with E-state index in [-0.39, 0.29) is 0 Å². The number of rotatable bonds is 2. The van der Waals surface area contributed by atoms with Crippen molar-refractivity contribution in [1.29, 1.82) is 0 Å². The van der Waals surface area contributed by atoms with Gasteiger partial charge in [0.05, 0.1) is 11.9 Å². The molecule has 3 aromatic rings. The van der Waals surface area contributed by atoms with E-state index in [4.69, 9.17) is 24.4 Å². The zero-order chi connectivity index (χ0) is 15.1. The Morgan fingerprint density at radius 1 is 0.857 bits per heavy atom. The van der Waals surface area contributed by atoms with Crippen molar-refractivity contribution >= 4 is 24.4 Å². The highest BCUT2D eigenvalue weighted by atomic mass is 32.1. The van der Waals surface area contributed by atoms with Crippen LogP contribution in [0, 0.1) is 9.54 Å². The van der Waals surface area contributed by atoms with Crippen LogP contribution in [-0.4, -0.2) is 34.7 Å². The van der Waals surface area contributed by atoms with Crippen molar-refractivity contribution in [2.24, 2.45) is 0 Å². The van der Waals surface area contributed by atoms with Crippen LogP contribution in [-0.2, 0) is 0 Å². The normalized spacial score (nSPS) is 10.9. The highest BCUT2D eigenvalue weighted by molar-refractivity contribution is 7.72. The number of hydrogen-bond acceptors (Lipinski definition) is 5. The Balaban J connectivity index is 2.08. The number of aromatic hydroxyl groups is 3. The van der Waals surface area contributed by atoms with Crippen LogP contribution in [0.25, 0.3) is 11.4 Å². The summed E-state index contributed by atoms with van der Waals surface area (Å²) in [5.74, 6) is -1.39. The van der Waals surface area contributed by atoms with Gasteiger partial charge in [-0.15, -0.1) is 0 Å². The van der Waals surface area contributed by atoms with Crippen LogP contribution in [0.2, 0.25) is 0 Å². The molecule has 2 heterocycles. The van der Waals surface area contributed by atoms with Crippen molar-refractivity contribution in [3.05, 3.63) is 40.0 Å². The summed E-state index contributed by atoms with van der Waals surface area (Å²) in [5.41, 5.74) is 1.30. The predicted octanol–water partition coefficient (Wildman–Crippen LogP) is 2.50. The van der Waals surface area contributed by atoms with Gasteiger partial charge in [0, 0.05) is 5.69 Å². The number of aromatic amines is 2. The van der Waals surface area contributed by atoms with Gasteiger partial charge in [-0.1, -0.05) is 0 Å². The zero-order valence-corrected chi connectivity index (χ0v) is 12.1. The number of nitrogens with one attached hydrogen (secondary N) is 2. The van der Waals surface area contributed by atoms with Gasteiger partial charge in [-0.2, -0.15) is 0 Å². The second-order valence-corrected chi connectivity index (χ2v) is 5.04. The van der Waals surface area contributed by atoms with Crippen molar-refractivity contribution in [2.75, 3.05) is 0 Å². The van der Waals surface area contributed by atoms with Crippen LogP contribution in [0.3, 0.4) is 0 Å². The van der Waals surface area contributed by atoms with Gasteiger partial charge in [-0.3, -0.25) is 19.3 Å². The highest BCUT2D eigenvalue weighted by Crippen LogP contribution is 2.38. The monoisotopic (exact) mass is 322 g/mol. The van der Waals surface area contributed by atoms with E-state index >= 15 is 0 Å². The van der Waals surface area contributed by atoms with Gasteiger partial charge in [0.2, 0.25) is 11.6 Å². The van der Waals surface area contributed by atoms with E-state index in [1.165, 1.54) is 10.8 Å². The van der Waals surface area contributed by atoms with E-state index in [9.17, 15) is 15.3 Å². The average molecular weight is 322 g/mol. The van der Waals surface area contributed by atoms with Crippen molar-refractivity contribution in [3.8, 4) is 28.8 Å². The van der Waals surface area contributed by atoms with Crippen LogP contribution < -0.4 is 0 Å². The molecule has 7 nitrogen and oxygen atoms in total. The van der Waals surface area contributed by atoms with Gasteiger partial charge in [0.25, 0.3) is 0 Å². The molecule has 0 aliphatic rings. The lowest BCUT2D eigenvalue weighted by molar-refractivity contribution is 0.367. The molecule has 0 aliphatic carbocycles.